The second-order valence-electron chi connectivity index (χ2n) is 5.94. The van der Waals surface area contributed by atoms with Gasteiger partial charge in [0, 0.05) is 5.69 Å². The van der Waals surface area contributed by atoms with Gasteiger partial charge in [-0.05, 0) is 55.8 Å². The van der Waals surface area contributed by atoms with Crippen molar-refractivity contribution in [3.05, 3.63) is 48.0 Å². The molecule has 0 aliphatic heterocycles. The molecule has 0 saturated carbocycles. The topological polar surface area (TPSA) is 83.1 Å². The highest BCUT2D eigenvalue weighted by molar-refractivity contribution is 5.95. The van der Waals surface area contributed by atoms with E-state index in [2.05, 4.69) is 5.32 Å². The van der Waals surface area contributed by atoms with E-state index in [1.165, 1.54) is 21.1 Å². The second kappa shape index (κ2) is 10.2. The molecule has 2 aromatic carbocycles. The average molecular weight is 387 g/mol. The Morgan fingerprint density at radius 3 is 2.29 bits per heavy atom. The third-order valence-corrected chi connectivity index (χ3v) is 3.91. The molecule has 0 radical (unpaired) electrons. The molecule has 28 heavy (non-hydrogen) atoms. The van der Waals surface area contributed by atoms with Crippen molar-refractivity contribution in [2.75, 3.05) is 26.1 Å². The van der Waals surface area contributed by atoms with E-state index in [0.717, 1.165) is 5.75 Å². The Morgan fingerprint density at radius 1 is 1.00 bits per heavy atom. The predicted octanol–water partition coefficient (Wildman–Crippen LogP) is 3.22. The lowest BCUT2D eigenvalue weighted by Gasteiger charge is -2.14. The molecule has 7 nitrogen and oxygen atoms in total. The van der Waals surface area contributed by atoms with E-state index in [1.807, 2.05) is 6.92 Å². The summed E-state index contributed by atoms with van der Waals surface area (Å²) < 4.78 is 21.0. The fourth-order valence-corrected chi connectivity index (χ4v) is 2.49. The summed E-state index contributed by atoms with van der Waals surface area (Å²) >= 11 is 0. The molecule has 1 unspecified atom stereocenters. The number of hydrogen-bond acceptors (Lipinski definition) is 6. The van der Waals surface area contributed by atoms with E-state index >= 15 is 0 Å². The maximum Gasteiger partial charge on any atom is 0.311 e. The molecule has 0 aromatic heterocycles. The van der Waals surface area contributed by atoms with E-state index in [1.54, 1.807) is 42.5 Å². The monoisotopic (exact) mass is 387 g/mol. The van der Waals surface area contributed by atoms with E-state index in [0.29, 0.717) is 29.4 Å². The highest BCUT2D eigenvalue weighted by Gasteiger charge is 2.18. The summed E-state index contributed by atoms with van der Waals surface area (Å²) in [7, 11) is 3.06. The lowest BCUT2D eigenvalue weighted by atomic mass is 10.1. The Morgan fingerprint density at radius 2 is 1.68 bits per heavy atom. The molecule has 2 rings (SSSR count). The van der Waals surface area contributed by atoms with Crippen LogP contribution < -0.4 is 19.5 Å². The summed E-state index contributed by atoms with van der Waals surface area (Å²) in [6.45, 7) is 3.99. The molecule has 0 heterocycles. The van der Waals surface area contributed by atoms with Crippen LogP contribution in [0.25, 0.3) is 0 Å². The summed E-state index contributed by atoms with van der Waals surface area (Å²) in [5.74, 6) is 0.887. The summed E-state index contributed by atoms with van der Waals surface area (Å²) in [6.07, 6.45) is -0.916. The molecule has 1 N–H and O–H groups in total. The predicted molar refractivity (Wildman–Crippen MR) is 105 cm³/mol. The fraction of sp³-hybridized carbons (Fsp3) is 0.333. The molecule has 7 heteroatoms. The van der Waals surface area contributed by atoms with Gasteiger partial charge in [0.25, 0.3) is 5.91 Å². The number of carbonyl (C=O) groups is 2. The van der Waals surface area contributed by atoms with Gasteiger partial charge in [0.15, 0.2) is 17.6 Å². The average Bonchev–Trinajstić information content (AvgIpc) is 2.69. The minimum Gasteiger partial charge on any atom is -0.494 e. The molecule has 0 fully saturated rings. The minimum absolute atomic E-state index is 0.0149. The van der Waals surface area contributed by atoms with E-state index in [-0.39, 0.29) is 6.42 Å². The van der Waals surface area contributed by atoms with Gasteiger partial charge in [0.1, 0.15) is 5.75 Å². The third kappa shape index (κ3) is 5.90. The maximum absolute atomic E-state index is 12.2. The van der Waals surface area contributed by atoms with Crippen molar-refractivity contribution in [1.82, 2.24) is 0 Å². The molecule has 1 atom stereocenters. The van der Waals surface area contributed by atoms with Crippen molar-refractivity contribution in [3.8, 4) is 17.2 Å². The Labute approximate surface area is 164 Å². The van der Waals surface area contributed by atoms with E-state index in [4.69, 9.17) is 18.9 Å². The molecule has 0 bridgehead atoms. The first-order chi connectivity index (χ1) is 13.5. The van der Waals surface area contributed by atoms with Gasteiger partial charge in [-0.1, -0.05) is 6.07 Å². The first kappa shape index (κ1) is 21.1. The second-order valence-corrected chi connectivity index (χ2v) is 5.94. The Bertz CT molecular complexity index is 803. The highest BCUT2D eigenvalue weighted by atomic mass is 16.5. The van der Waals surface area contributed by atoms with Crippen molar-refractivity contribution in [2.45, 2.75) is 26.4 Å². The number of amides is 1. The van der Waals surface area contributed by atoms with Crippen LogP contribution in [-0.2, 0) is 20.7 Å². The van der Waals surface area contributed by atoms with Crippen LogP contribution in [0.3, 0.4) is 0 Å². The van der Waals surface area contributed by atoms with Crippen molar-refractivity contribution in [1.29, 1.82) is 0 Å². The van der Waals surface area contributed by atoms with Crippen LogP contribution in [0.15, 0.2) is 42.5 Å². The van der Waals surface area contributed by atoms with E-state index in [9.17, 15) is 9.59 Å². The standard InChI is InChI=1S/C21H25NO6/c1-5-27-17-9-7-16(8-10-17)22-21(24)14(2)28-20(23)13-15-6-11-18(25-3)19(12-15)26-4/h6-12,14H,5,13H2,1-4H3,(H,22,24). The fourth-order valence-electron chi connectivity index (χ4n) is 2.49. The molecule has 2 aromatic rings. The van der Waals surface area contributed by atoms with Gasteiger partial charge in [-0.2, -0.15) is 0 Å². The zero-order valence-corrected chi connectivity index (χ0v) is 16.5. The van der Waals surface area contributed by atoms with Crippen LogP contribution in [0.4, 0.5) is 5.69 Å². The molecular formula is C21H25NO6. The van der Waals surface area contributed by atoms with Crippen LogP contribution in [0, 0.1) is 0 Å². The lowest BCUT2D eigenvalue weighted by molar-refractivity contribution is -0.152. The molecule has 0 saturated heterocycles. The summed E-state index contributed by atoms with van der Waals surface area (Å²) in [6, 6.07) is 12.1. The molecule has 0 aliphatic carbocycles. The number of nitrogens with one attached hydrogen (secondary N) is 1. The largest absolute Gasteiger partial charge is 0.494 e. The van der Waals surface area contributed by atoms with Gasteiger partial charge >= 0.3 is 5.97 Å². The number of ether oxygens (including phenoxy) is 4. The first-order valence-corrected chi connectivity index (χ1v) is 8.91. The lowest BCUT2D eigenvalue weighted by Crippen LogP contribution is -2.30. The zero-order valence-electron chi connectivity index (χ0n) is 16.5. The Hall–Kier alpha value is -3.22. The smallest absolute Gasteiger partial charge is 0.311 e. The van der Waals surface area contributed by atoms with Crippen LogP contribution in [0.5, 0.6) is 17.2 Å². The molecule has 0 aliphatic rings. The van der Waals surface area contributed by atoms with Gasteiger partial charge in [-0.15, -0.1) is 0 Å². The minimum atomic E-state index is -0.931. The van der Waals surface area contributed by atoms with Gasteiger partial charge in [0.2, 0.25) is 0 Å². The van der Waals surface area contributed by atoms with Crippen LogP contribution in [0.2, 0.25) is 0 Å². The van der Waals surface area contributed by atoms with E-state index < -0.39 is 18.0 Å². The Kier molecular flexibility index (Phi) is 7.68. The van der Waals surface area contributed by atoms with Gasteiger partial charge in [0.05, 0.1) is 27.2 Å². The number of carbonyl (C=O) groups excluding carboxylic acids is 2. The normalized spacial score (nSPS) is 11.3. The number of rotatable bonds is 9. The van der Waals surface area contributed by atoms with Gasteiger partial charge in [-0.25, -0.2) is 0 Å². The summed E-state index contributed by atoms with van der Waals surface area (Å²) in [5, 5.41) is 2.71. The molecule has 150 valence electrons. The van der Waals surface area contributed by atoms with Crippen LogP contribution in [0.1, 0.15) is 19.4 Å². The summed E-state index contributed by atoms with van der Waals surface area (Å²) in [4.78, 5) is 24.4. The quantitative estimate of drug-likeness (QED) is 0.665. The van der Waals surface area contributed by atoms with Gasteiger partial charge < -0.3 is 24.3 Å². The van der Waals surface area contributed by atoms with Crippen molar-refractivity contribution in [2.24, 2.45) is 0 Å². The highest BCUT2D eigenvalue weighted by Crippen LogP contribution is 2.27. The third-order valence-electron chi connectivity index (χ3n) is 3.91. The van der Waals surface area contributed by atoms with Crippen LogP contribution >= 0.6 is 0 Å². The van der Waals surface area contributed by atoms with Crippen molar-refractivity contribution in [3.63, 3.8) is 0 Å². The number of esters is 1. The number of methoxy groups -OCH3 is 2. The molecule has 0 spiro atoms. The number of benzene rings is 2. The number of anilines is 1. The van der Waals surface area contributed by atoms with Crippen molar-refractivity contribution < 1.29 is 28.5 Å². The zero-order chi connectivity index (χ0) is 20.5. The summed E-state index contributed by atoms with van der Waals surface area (Å²) in [5.41, 5.74) is 1.29. The Balaban J connectivity index is 1.89. The first-order valence-electron chi connectivity index (χ1n) is 8.91. The number of hydrogen-bond donors (Lipinski definition) is 1. The SMILES string of the molecule is CCOc1ccc(NC(=O)C(C)OC(=O)Cc2ccc(OC)c(OC)c2)cc1. The van der Waals surface area contributed by atoms with Crippen molar-refractivity contribution >= 4 is 17.6 Å². The van der Waals surface area contributed by atoms with Crippen LogP contribution in [-0.4, -0.2) is 38.8 Å². The molecule has 1 amide bonds. The van der Waals surface area contributed by atoms with Gasteiger partial charge in [-0.3, -0.25) is 9.59 Å². The molecular weight excluding hydrogens is 362 g/mol. The maximum atomic E-state index is 12.2.